The maximum absolute atomic E-state index is 13.4. The van der Waals surface area contributed by atoms with Gasteiger partial charge in [-0.3, -0.25) is 9.78 Å². The zero-order valence-corrected chi connectivity index (χ0v) is 15.9. The Labute approximate surface area is 164 Å². The molecule has 0 fully saturated rings. The molecule has 0 amide bonds. The number of fused-ring (bicyclic) bond motifs is 1. The highest BCUT2D eigenvalue weighted by atomic mass is 16.1. The highest BCUT2D eigenvalue weighted by molar-refractivity contribution is 6.09. The molecule has 1 atom stereocenters. The van der Waals surface area contributed by atoms with E-state index in [4.69, 9.17) is 0 Å². The van der Waals surface area contributed by atoms with E-state index >= 15 is 0 Å². The third-order valence-corrected chi connectivity index (χ3v) is 4.98. The zero-order chi connectivity index (χ0) is 19.3. The predicted molar refractivity (Wildman–Crippen MR) is 112 cm³/mol. The maximum atomic E-state index is 13.4. The molecule has 0 saturated carbocycles. The fourth-order valence-electron chi connectivity index (χ4n) is 3.42. The van der Waals surface area contributed by atoms with Crippen molar-refractivity contribution in [2.75, 3.05) is 6.54 Å². The molecule has 0 bridgehead atoms. The van der Waals surface area contributed by atoms with Crippen molar-refractivity contribution in [2.24, 2.45) is 0 Å². The number of pyridine rings is 1. The smallest absolute Gasteiger partial charge is 0.187 e. The fourth-order valence-corrected chi connectivity index (χ4v) is 3.42. The van der Waals surface area contributed by atoms with Crippen LogP contribution in [-0.2, 0) is 6.42 Å². The normalized spacial score (nSPS) is 12.2. The number of rotatable bonds is 7. The molecule has 140 valence electrons. The van der Waals surface area contributed by atoms with Gasteiger partial charge in [-0.2, -0.15) is 0 Å². The number of carbonyl (C=O) groups excluding carboxylic acids is 1. The maximum Gasteiger partial charge on any atom is 0.187 e. The van der Waals surface area contributed by atoms with Gasteiger partial charge in [0, 0.05) is 18.9 Å². The summed E-state index contributed by atoms with van der Waals surface area (Å²) < 4.78 is 0. The molecule has 0 aliphatic rings. The van der Waals surface area contributed by atoms with Gasteiger partial charge in [0.25, 0.3) is 0 Å². The summed E-state index contributed by atoms with van der Waals surface area (Å²) in [5.41, 5.74) is 5.67. The summed E-state index contributed by atoms with van der Waals surface area (Å²) in [5.74, 6) is 0.0278. The van der Waals surface area contributed by atoms with Crippen molar-refractivity contribution in [1.82, 2.24) is 15.3 Å². The molecular weight excluding hydrogens is 346 g/mol. The van der Waals surface area contributed by atoms with Crippen LogP contribution in [0.2, 0.25) is 0 Å². The summed E-state index contributed by atoms with van der Waals surface area (Å²) >= 11 is 0. The largest absolute Gasteiger partial charge is 0.359 e. The third kappa shape index (κ3) is 3.87. The molecule has 0 unspecified atom stereocenters. The van der Waals surface area contributed by atoms with E-state index in [0.717, 1.165) is 17.5 Å². The second-order valence-corrected chi connectivity index (χ2v) is 7.00. The van der Waals surface area contributed by atoms with Gasteiger partial charge in [0.1, 0.15) is 0 Å². The van der Waals surface area contributed by atoms with Gasteiger partial charge in [0.2, 0.25) is 0 Å². The van der Waals surface area contributed by atoms with Crippen molar-refractivity contribution < 1.29 is 4.79 Å². The van der Waals surface area contributed by atoms with Gasteiger partial charge in [-0.1, -0.05) is 60.2 Å². The van der Waals surface area contributed by atoms with E-state index in [2.05, 4.69) is 46.5 Å². The van der Waals surface area contributed by atoms with Gasteiger partial charge in [-0.05, 0) is 36.6 Å². The number of benzene rings is 2. The van der Waals surface area contributed by atoms with Crippen molar-refractivity contribution in [3.63, 3.8) is 0 Å². The molecule has 0 spiro atoms. The minimum Gasteiger partial charge on any atom is -0.359 e. The number of hydrogen-bond donors (Lipinski definition) is 2. The highest BCUT2D eigenvalue weighted by Crippen LogP contribution is 2.23. The third-order valence-electron chi connectivity index (χ3n) is 4.98. The summed E-state index contributed by atoms with van der Waals surface area (Å²) in [6, 6.07) is 21.8. The molecule has 2 heterocycles. The van der Waals surface area contributed by atoms with Gasteiger partial charge in [-0.15, -0.1) is 0 Å². The quantitative estimate of drug-likeness (QED) is 0.467. The number of hydrogen-bond acceptors (Lipinski definition) is 3. The summed E-state index contributed by atoms with van der Waals surface area (Å²) in [4.78, 5) is 20.9. The van der Waals surface area contributed by atoms with E-state index in [0.29, 0.717) is 17.6 Å². The second-order valence-electron chi connectivity index (χ2n) is 7.00. The molecule has 0 aliphatic carbocycles. The summed E-state index contributed by atoms with van der Waals surface area (Å²) in [5, 5.41) is 3.46. The minimum absolute atomic E-state index is 0.0278. The van der Waals surface area contributed by atoms with Gasteiger partial charge >= 0.3 is 0 Å². The van der Waals surface area contributed by atoms with E-state index in [1.165, 1.54) is 11.1 Å². The van der Waals surface area contributed by atoms with Crippen molar-refractivity contribution in [3.8, 4) is 0 Å². The molecule has 2 N–H and O–H groups in total. The van der Waals surface area contributed by atoms with E-state index in [1.54, 1.807) is 12.4 Å². The second kappa shape index (κ2) is 8.19. The number of aryl methyl sites for hydroxylation is 1. The minimum atomic E-state index is -0.410. The molecule has 4 heteroatoms. The van der Waals surface area contributed by atoms with Crippen LogP contribution >= 0.6 is 0 Å². The lowest BCUT2D eigenvalue weighted by Gasteiger charge is -2.18. The average molecular weight is 369 g/mol. The van der Waals surface area contributed by atoms with Crippen LogP contribution in [-0.4, -0.2) is 22.3 Å². The first-order chi connectivity index (χ1) is 13.7. The number of nitrogens with zero attached hydrogens (tertiary/aromatic N) is 1. The monoisotopic (exact) mass is 369 g/mol. The Kier molecular flexibility index (Phi) is 5.31. The van der Waals surface area contributed by atoms with E-state index in [1.807, 2.05) is 42.5 Å². The van der Waals surface area contributed by atoms with Crippen LogP contribution < -0.4 is 5.32 Å². The molecular formula is C24H23N3O. The van der Waals surface area contributed by atoms with Gasteiger partial charge in [0.05, 0.1) is 22.6 Å². The molecule has 0 aliphatic heterocycles. The Balaban J connectivity index is 1.57. The number of aromatic nitrogens is 2. The van der Waals surface area contributed by atoms with Gasteiger partial charge in [-0.25, -0.2) is 0 Å². The van der Waals surface area contributed by atoms with Crippen LogP contribution in [0.5, 0.6) is 0 Å². The molecule has 2 aromatic heterocycles. The van der Waals surface area contributed by atoms with E-state index in [9.17, 15) is 4.79 Å². The molecule has 0 saturated heterocycles. The van der Waals surface area contributed by atoms with Crippen LogP contribution in [0.4, 0.5) is 0 Å². The van der Waals surface area contributed by atoms with Crippen molar-refractivity contribution in [1.29, 1.82) is 0 Å². The Hall–Kier alpha value is -3.24. The van der Waals surface area contributed by atoms with Crippen LogP contribution in [0, 0.1) is 6.92 Å². The SMILES string of the molecule is Cc1ccc(CCN[C@H](C(=O)c2c[nH]c3cccnc23)c2ccccc2)cc1. The van der Waals surface area contributed by atoms with Crippen molar-refractivity contribution in [3.05, 3.63) is 101 Å². The number of nitrogens with one attached hydrogen (secondary N) is 2. The first-order valence-electron chi connectivity index (χ1n) is 9.52. The van der Waals surface area contributed by atoms with E-state index < -0.39 is 6.04 Å². The van der Waals surface area contributed by atoms with Crippen LogP contribution in [0.1, 0.15) is 33.1 Å². The zero-order valence-electron chi connectivity index (χ0n) is 15.9. The van der Waals surface area contributed by atoms with Crippen molar-refractivity contribution in [2.45, 2.75) is 19.4 Å². The summed E-state index contributed by atoms with van der Waals surface area (Å²) in [7, 11) is 0. The molecule has 4 nitrogen and oxygen atoms in total. The van der Waals surface area contributed by atoms with Crippen LogP contribution in [0.25, 0.3) is 11.0 Å². The lowest BCUT2D eigenvalue weighted by atomic mass is 9.98. The van der Waals surface area contributed by atoms with Crippen LogP contribution in [0.3, 0.4) is 0 Å². The number of aromatic amines is 1. The average Bonchev–Trinajstić information content (AvgIpc) is 3.17. The van der Waals surface area contributed by atoms with Crippen LogP contribution in [0.15, 0.2) is 79.1 Å². The molecule has 28 heavy (non-hydrogen) atoms. The fraction of sp³-hybridized carbons (Fsp3) is 0.167. The Morgan fingerprint density at radius 1 is 1.04 bits per heavy atom. The number of ketones is 1. The van der Waals surface area contributed by atoms with E-state index in [-0.39, 0.29) is 5.78 Å². The summed E-state index contributed by atoms with van der Waals surface area (Å²) in [6.45, 7) is 2.80. The van der Waals surface area contributed by atoms with Crippen molar-refractivity contribution >= 4 is 16.8 Å². The standard InChI is InChI=1S/C24H23N3O/c1-17-9-11-18(12-10-17)13-15-26-22(19-6-3-2-4-7-19)24(28)20-16-27-21-8-5-14-25-23(20)21/h2-12,14,16,22,26-27H,13,15H2,1H3/t22-/m0/s1. The van der Waals surface area contributed by atoms with Gasteiger partial charge < -0.3 is 10.3 Å². The Morgan fingerprint density at radius 2 is 1.82 bits per heavy atom. The van der Waals surface area contributed by atoms with Gasteiger partial charge in [0.15, 0.2) is 5.78 Å². The number of carbonyl (C=O) groups is 1. The molecule has 0 radical (unpaired) electrons. The molecule has 4 rings (SSSR count). The first-order valence-corrected chi connectivity index (χ1v) is 9.52. The lowest BCUT2D eigenvalue weighted by Crippen LogP contribution is -2.30. The number of Topliss-reactive ketones (excluding diaryl/α,β-unsaturated/α-hetero) is 1. The topological polar surface area (TPSA) is 57.8 Å². The number of H-pyrrole nitrogens is 1. The first kappa shape index (κ1) is 18.1. The lowest BCUT2D eigenvalue weighted by molar-refractivity contribution is 0.0944. The predicted octanol–water partition coefficient (Wildman–Crippen LogP) is 4.63. The summed E-state index contributed by atoms with van der Waals surface area (Å²) in [6.07, 6.45) is 4.34. The molecule has 4 aromatic rings. The highest BCUT2D eigenvalue weighted by Gasteiger charge is 2.24. The molecule has 2 aromatic carbocycles. The Morgan fingerprint density at radius 3 is 2.61 bits per heavy atom. The Bertz CT molecular complexity index is 1070.